The molecule has 0 radical (unpaired) electrons. The number of halogens is 1. The Morgan fingerprint density at radius 2 is 1.14 bits per heavy atom. The molecule has 0 saturated carbocycles. The van der Waals surface area contributed by atoms with Crippen LogP contribution in [-0.2, 0) is 4.79 Å². The Bertz CT molecular complexity index is 824. The van der Waals surface area contributed by atoms with Crippen molar-refractivity contribution in [3.63, 3.8) is 0 Å². The summed E-state index contributed by atoms with van der Waals surface area (Å²) < 4.78 is 0. The van der Waals surface area contributed by atoms with E-state index in [9.17, 15) is 14.9 Å². The van der Waals surface area contributed by atoms with Gasteiger partial charge in [0.2, 0.25) is 6.54 Å². The maximum absolute atomic E-state index is 13.0. The Morgan fingerprint density at radius 1 is 0.759 bits per heavy atom. The molecule has 29 heavy (non-hydrogen) atoms. The molecule has 3 rings (SSSR count). The number of carbonyl (C=O) groups is 1. The van der Waals surface area contributed by atoms with E-state index < -0.39 is 7.26 Å². The van der Waals surface area contributed by atoms with Gasteiger partial charge >= 0.3 is 0 Å². The van der Waals surface area contributed by atoms with Gasteiger partial charge in [0.15, 0.2) is 5.78 Å². The number of nitrogens with zero attached hydrogens (tertiary/aromatic N) is 1. The van der Waals surface area contributed by atoms with E-state index in [4.69, 9.17) is 0 Å². The third-order valence-electron chi connectivity index (χ3n) is 4.80. The lowest BCUT2D eigenvalue weighted by Gasteiger charge is -2.27. The Kier molecular flexibility index (Phi) is 8.69. The molecule has 0 amide bonds. The first-order valence-electron chi connectivity index (χ1n) is 9.31. The molecular weight excluding hydrogens is 449 g/mol. The van der Waals surface area contributed by atoms with Crippen LogP contribution in [0.4, 0.5) is 0 Å². The van der Waals surface area contributed by atoms with Crippen LogP contribution < -0.4 is 32.9 Å². The van der Waals surface area contributed by atoms with E-state index in [0.717, 1.165) is 15.9 Å². The summed E-state index contributed by atoms with van der Waals surface area (Å²) in [5.41, 5.74) is 0. The van der Waals surface area contributed by atoms with Gasteiger partial charge in [0.25, 0.3) is 0 Å². The molecule has 3 aromatic carbocycles. The molecular formula is C23H23BrNO3P. The Hall–Kier alpha value is -2.36. The van der Waals surface area contributed by atoms with Gasteiger partial charge in [0.05, 0.1) is 0 Å². The van der Waals surface area contributed by atoms with Crippen molar-refractivity contribution in [2.45, 2.75) is 12.8 Å². The minimum Gasteiger partial charge on any atom is -1.00 e. The number of nitro groups is 1. The maximum atomic E-state index is 13.0. The maximum Gasteiger partial charge on any atom is 0.204 e. The van der Waals surface area contributed by atoms with Gasteiger partial charge in [-0.1, -0.05) is 54.6 Å². The fourth-order valence-corrected chi connectivity index (χ4v) is 7.69. The summed E-state index contributed by atoms with van der Waals surface area (Å²) in [4.78, 5) is 23.2. The van der Waals surface area contributed by atoms with Crippen LogP contribution in [0.15, 0.2) is 91.0 Å². The number of Topliss-reactive ketones (excluding diaryl/α,β-unsaturated/α-hetero) is 1. The molecule has 0 N–H and O–H groups in total. The fourth-order valence-electron chi connectivity index (χ4n) is 3.52. The van der Waals surface area contributed by atoms with Crippen LogP contribution in [-0.4, -0.2) is 23.4 Å². The summed E-state index contributed by atoms with van der Waals surface area (Å²) >= 11 is 0. The van der Waals surface area contributed by atoms with Crippen molar-refractivity contribution in [1.82, 2.24) is 0 Å². The molecule has 0 aliphatic rings. The van der Waals surface area contributed by atoms with Crippen molar-refractivity contribution in [1.29, 1.82) is 0 Å². The molecule has 0 fully saturated rings. The summed E-state index contributed by atoms with van der Waals surface area (Å²) in [7, 11) is -2.19. The van der Waals surface area contributed by atoms with Crippen LogP contribution in [0.25, 0.3) is 0 Å². The van der Waals surface area contributed by atoms with Crippen LogP contribution in [0.3, 0.4) is 0 Å². The van der Waals surface area contributed by atoms with E-state index in [1.54, 1.807) is 0 Å². The molecule has 0 aliphatic heterocycles. The number of carbonyl (C=O) groups excluding carboxylic acids is 1. The zero-order valence-corrected chi connectivity index (χ0v) is 18.5. The minimum atomic E-state index is -2.19. The van der Waals surface area contributed by atoms with Crippen molar-refractivity contribution in [2.24, 2.45) is 0 Å². The summed E-state index contributed by atoms with van der Waals surface area (Å²) in [5.74, 6) is 0.0757. The molecule has 4 nitrogen and oxygen atoms in total. The predicted molar refractivity (Wildman–Crippen MR) is 116 cm³/mol. The van der Waals surface area contributed by atoms with E-state index in [-0.39, 0.29) is 47.1 Å². The number of rotatable bonds is 9. The lowest BCUT2D eigenvalue weighted by molar-refractivity contribution is -0.480. The molecule has 6 heteroatoms. The second kappa shape index (κ2) is 11.0. The van der Waals surface area contributed by atoms with Crippen LogP contribution in [0.2, 0.25) is 0 Å². The average Bonchev–Trinajstić information content (AvgIpc) is 2.74. The zero-order valence-electron chi connectivity index (χ0n) is 16.0. The first-order chi connectivity index (χ1) is 13.6. The highest BCUT2D eigenvalue weighted by molar-refractivity contribution is 7.96. The number of benzene rings is 3. The fraction of sp³-hybridized carbons (Fsp3) is 0.174. The van der Waals surface area contributed by atoms with Crippen molar-refractivity contribution in [2.75, 3.05) is 12.7 Å². The molecule has 150 valence electrons. The first-order valence-corrected chi connectivity index (χ1v) is 11.3. The third kappa shape index (κ3) is 5.59. The van der Waals surface area contributed by atoms with E-state index >= 15 is 0 Å². The quantitative estimate of drug-likeness (QED) is 0.261. The minimum absolute atomic E-state index is 0. The zero-order chi connectivity index (χ0) is 19.8. The molecule has 0 saturated heterocycles. The van der Waals surface area contributed by atoms with Crippen molar-refractivity contribution >= 4 is 29.0 Å². The van der Waals surface area contributed by atoms with Crippen LogP contribution in [0.1, 0.15) is 12.8 Å². The van der Waals surface area contributed by atoms with Crippen molar-refractivity contribution < 1.29 is 26.7 Å². The number of hydrogen-bond acceptors (Lipinski definition) is 3. The molecule has 0 atom stereocenters. The molecule has 3 aromatic rings. The third-order valence-corrected chi connectivity index (χ3v) is 9.17. The predicted octanol–water partition coefficient (Wildman–Crippen LogP) is 0.610. The second-order valence-electron chi connectivity index (χ2n) is 6.67. The Morgan fingerprint density at radius 3 is 1.48 bits per heavy atom. The van der Waals surface area contributed by atoms with E-state index in [0.29, 0.717) is 6.16 Å². The Labute approximate surface area is 182 Å². The van der Waals surface area contributed by atoms with Gasteiger partial charge in [-0.15, -0.1) is 0 Å². The second-order valence-corrected chi connectivity index (χ2v) is 10.2. The average molecular weight is 472 g/mol. The van der Waals surface area contributed by atoms with Gasteiger partial charge in [0, 0.05) is 17.8 Å². The monoisotopic (exact) mass is 471 g/mol. The summed E-state index contributed by atoms with van der Waals surface area (Å²) in [6.45, 7) is -0.167. The molecule has 0 heterocycles. The van der Waals surface area contributed by atoms with Crippen molar-refractivity contribution in [3.8, 4) is 0 Å². The normalized spacial score (nSPS) is 10.8. The lowest BCUT2D eigenvalue weighted by Crippen LogP contribution is -3.00. The highest BCUT2D eigenvalue weighted by Gasteiger charge is 2.46. The van der Waals surface area contributed by atoms with Gasteiger partial charge in [-0.2, -0.15) is 0 Å². The van der Waals surface area contributed by atoms with Crippen LogP contribution >= 0.6 is 7.26 Å². The van der Waals surface area contributed by atoms with E-state index in [1.807, 2.05) is 54.6 Å². The van der Waals surface area contributed by atoms with Gasteiger partial charge < -0.3 is 17.0 Å². The number of ketones is 1. The molecule has 0 bridgehead atoms. The van der Waals surface area contributed by atoms with E-state index in [1.165, 1.54) is 0 Å². The van der Waals surface area contributed by atoms with Gasteiger partial charge in [0.1, 0.15) is 29.3 Å². The summed E-state index contributed by atoms with van der Waals surface area (Å²) in [6, 6.07) is 30.6. The molecule has 0 aliphatic carbocycles. The van der Waals surface area contributed by atoms with Gasteiger partial charge in [-0.3, -0.25) is 14.9 Å². The summed E-state index contributed by atoms with van der Waals surface area (Å²) in [5, 5.41) is 14.1. The largest absolute Gasteiger partial charge is 1.00 e. The smallest absolute Gasteiger partial charge is 0.204 e. The topological polar surface area (TPSA) is 60.2 Å². The Balaban J connectivity index is 0.00000300. The van der Waals surface area contributed by atoms with Gasteiger partial charge in [-0.25, -0.2) is 0 Å². The standard InChI is InChI=1S/C23H23NO3P.BrH/c25-20(11-10-18-24(26)27)19-28(21-12-4-1-5-13-21,22-14-6-2-7-15-22)23-16-8-3-9-17-23;/h1-9,12-17H,10-11,18-19H2;1H/q+1;/p-1. The molecule has 0 aromatic heterocycles. The van der Waals surface area contributed by atoms with Gasteiger partial charge in [-0.05, 0) is 36.4 Å². The molecule has 0 spiro atoms. The molecule has 0 unspecified atom stereocenters. The van der Waals surface area contributed by atoms with E-state index in [2.05, 4.69) is 36.4 Å². The van der Waals surface area contributed by atoms with Crippen LogP contribution in [0.5, 0.6) is 0 Å². The SMILES string of the molecule is O=C(CCC[N+](=O)[O-])C[P+](c1ccccc1)(c1ccccc1)c1ccccc1.[Br-]. The lowest BCUT2D eigenvalue weighted by atomic mass is 10.2. The number of hydrogen-bond donors (Lipinski definition) is 0. The van der Waals surface area contributed by atoms with Crippen molar-refractivity contribution in [3.05, 3.63) is 101 Å². The summed E-state index contributed by atoms with van der Waals surface area (Å²) in [6.07, 6.45) is 0.891. The van der Waals surface area contributed by atoms with Crippen LogP contribution in [0, 0.1) is 10.1 Å². The highest BCUT2D eigenvalue weighted by Crippen LogP contribution is 2.55. The first kappa shape index (κ1) is 22.9. The highest BCUT2D eigenvalue weighted by atomic mass is 79.9.